The zero-order valence-electron chi connectivity index (χ0n) is 22.3. The minimum atomic E-state index is -0.328. The first kappa shape index (κ1) is 22.0. The zero-order valence-corrected chi connectivity index (χ0v) is 22.3. The lowest BCUT2D eigenvalue weighted by atomic mass is 9.70. The van der Waals surface area contributed by atoms with Crippen LogP contribution in [0.4, 0.5) is 0 Å². The first-order chi connectivity index (χ1) is 19.8. The Morgan fingerprint density at radius 2 is 0.775 bits per heavy atom. The van der Waals surface area contributed by atoms with Crippen LogP contribution in [0.3, 0.4) is 0 Å². The summed E-state index contributed by atoms with van der Waals surface area (Å²) >= 11 is 0. The van der Waals surface area contributed by atoms with Gasteiger partial charge in [-0.3, -0.25) is 0 Å². The van der Waals surface area contributed by atoms with Crippen molar-refractivity contribution in [3.05, 3.63) is 162 Å². The highest BCUT2D eigenvalue weighted by Crippen LogP contribution is 2.63. The number of rotatable bonds is 1. The second kappa shape index (κ2) is 7.84. The van der Waals surface area contributed by atoms with Gasteiger partial charge in [-0.15, -0.1) is 0 Å². The molecule has 0 bridgehead atoms. The second-order valence-electron chi connectivity index (χ2n) is 11.2. The van der Waals surface area contributed by atoms with Crippen molar-refractivity contribution < 1.29 is 0 Å². The number of hydrogen-bond acceptors (Lipinski definition) is 0. The molecule has 9 rings (SSSR count). The van der Waals surface area contributed by atoms with Crippen molar-refractivity contribution in [1.29, 1.82) is 0 Å². The third-order valence-electron chi connectivity index (χ3n) is 9.49. The van der Waals surface area contributed by atoms with Crippen molar-refractivity contribution in [2.75, 3.05) is 0 Å². The van der Waals surface area contributed by atoms with Crippen LogP contribution in [0.1, 0.15) is 22.3 Å². The van der Waals surface area contributed by atoms with Crippen molar-refractivity contribution in [2.45, 2.75) is 5.41 Å². The van der Waals surface area contributed by atoms with E-state index < -0.39 is 0 Å². The molecule has 184 valence electrons. The molecule has 0 heterocycles. The Bertz CT molecular complexity index is 2060. The van der Waals surface area contributed by atoms with E-state index in [-0.39, 0.29) is 5.41 Å². The van der Waals surface area contributed by atoms with E-state index >= 15 is 0 Å². The number of hydrogen-bond donors (Lipinski definition) is 0. The lowest BCUT2D eigenvalue weighted by molar-refractivity contribution is 0.794. The molecule has 0 N–H and O–H groups in total. The summed E-state index contributed by atoms with van der Waals surface area (Å²) in [6.07, 6.45) is 0. The van der Waals surface area contributed by atoms with Gasteiger partial charge >= 0.3 is 0 Å². The van der Waals surface area contributed by atoms with E-state index in [0.717, 1.165) is 0 Å². The zero-order chi connectivity index (χ0) is 26.4. The van der Waals surface area contributed by atoms with Crippen molar-refractivity contribution in [1.82, 2.24) is 0 Å². The van der Waals surface area contributed by atoms with Crippen molar-refractivity contribution >= 4 is 34.9 Å². The van der Waals surface area contributed by atoms with Crippen LogP contribution in [0.25, 0.3) is 54.9 Å². The van der Waals surface area contributed by atoms with Gasteiger partial charge in [-0.1, -0.05) is 139 Å². The Balaban J connectivity index is 1.44. The molecule has 7 aromatic rings. The van der Waals surface area contributed by atoms with Crippen LogP contribution in [0.15, 0.2) is 140 Å². The normalized spacial score (nSPS) is 13.8. The maximum atomic E-state index is 2.51. The molecule has 0 fully saturated rings. The van der Waals surface area contributed by atoms with E-state index in [1.807, 2.05) is 0 Å². The van der Waals surface area contributed by atoms with Crippen molar-refractivity contribution in [3.8, 4) is 33.4 Å². The van der Waals surface area contributed by atoms with Crippen LogP contribution in [-0.2, 0) is 5.41 Å². The maximum absolute atomic E-state index is 2.51. The molecule has 0 amide bonds. The highest BCUT2D eigenvalue weighted by Gasteiger charge is 2.51. The van der Waals surface area contributed by atoms with E-state index in [4.69, 9.17) is 0 Å². The van der Waals surface area contributed by atoms with Crippen LogP contribution in [0.5, 0.6) is 0 Å². The van der Waals surface area contributed by atoms with E-state index in [2.05, 4.69) is 147 Å². The van der Waals surface area contributed by atoms with E-state index in [1.54, 1.807) is 0 Å². The Kier molecular flexibility index (Phi) is 4.31. The molecule has 0 unspecified atom stereocenters. The van der Waals surface area contributed by atoms with Crippen LogP contribution in [0, 0.1) is 0 Å². The molecule has 7 aromatic carbocycles. The predicted octanol–water partition coefficient (Wildman–Crippen LogP) is 8.26. The van der Waals surface area contributed by atoms with Crippen LogP contribution >= 0.6 is 0 Å². The Hall–Kier alpha value is -4.88. The third-order valence-corrected chi connectivity index (χ3v) is 9.49. The van der Waals surface area contributed by atoms with Gasteiger partial charge < -0.3 is 0 Å². The monoisotopic (exact) mass is 504 g/mol. The lowest BCUT2D eigenvalue weighted by Gasteiger charge is -2.30. The summed E-state index contributed by atoms with van der Waals surface area (Å²) < 4.78 is 0. The molecule has 1 heteroatoms. The average Bonchev–Trinajstić information content (AvgIpc) is 3.49. The highest BCUT2D eigenvalue weighted by molar-refractivity contribution is 6.46. The van der Waals surface area contributed by atoms with Gasteiger partial charge in [0, 0.05) is 0 Å². The minimum Gasteiger partial charge on any atom is -0.0735 e. The Morgan fingerprint density at radius 3 is 1.27 bits per heavy atom. The molecular weight excluding hydrogens is 479 g/mol. The summed E-state index contributed by atoms with van der Waals surface area (Å²) in [5.74, 6) is 0. The summed E-state index contributed by atoms with van der Waals surface area (Å²) in [5.41, 5.74) is 14.5. The number of benzene rings is 7. The average molecular weight is 504 g/mol. The van der Waals surface area contributed by atoms with Crippen LogP contribution < -0.4 is 5.46 Å². The van der Waals surface area contributed by atoms with Crippen LogP contribution in [-0.4, -0.2) is 7.85 Å². The second-order valence-corrected chi connectivity index (χ2v) is 11.2. The fourth-order valence-corrected chi connectivity index (χ4v) is 7.91. The molecule has 0 saturated heterocycles. The number of fused-ring (bicyclic) bond motifs is 12. The minimum absolute atomic E-state index is 0.328. The highest BCUT2D eigenvalue weighted by atomic mass is 14.5. The molecular formula is C39H25B. The topological polar surface area (TPSA) is 0 Å². The van der Waals surface area contributed by atoms with Crippen molar-refractivity contribution in [2.24, 2.45) is 0 Å². The van der Waals surface area contributed by atoms with E-state index in [9.17, 15) is 0 Å². The first-order valence-corrected chi connectivity index (χ1v) is 14.1. The standard InChI is InChI=1S/C39H25B/c40-38-31-16-3-1-14-29(31)37(30-15-2-4-17-32(30)38)24-21-22-28-27-13-7-10-20-35(27)39(36(28)23-24)33-18-8-5-11-25(33)26-12-6-9-19-34(26)39/h1-23H,40H2. The van der Waals surface area contributed by atoms with Gasteiger partial charge in [-0.2, -0.15) is 0 Å². The molecule has 0 aromatic heterocycles. The van der Waals surface area contributed by atoms with Gasteiger partial charge in [0.2, 0.25) is 0 Å². The third kappa shape index (κ3) is 2.58. The quantitative estimate of drug-likeness (QED) is 0.156. The smallest absolute Gasteiger partial charge is 0.0735 e. The molecule has 0 atom stereocenters. The van der Waals surface area contributed by atoms with Crippen molar-refractivity contribution in [3.63, 3.8) is 0 Å². The molecule has 0 saturated carbocycles. The molecule has 40 heavy (non-hydrogen) atoms. The summed E-state index contributed by atoms with van der Waals surface area (Å²) in [6, 6.07) is 52.2. The summed E-state index contributed by atoms with van der Waals surface area (Å²) in [4.78, 5) is 0. The molecule has 1 spiro atoms. The van der Waals surface area contributed by atoms with E-state index in [0.29, 0.717) is 0 Å². The fraction of sp³-hybridized carbons (Fsp3) is 0.0256. The maximum Gasteiger partial charge on any atom is 0.140 e. The lowest BCUT2D eigenvalue weighted by Crippen LogP contribution is -2.25. The van der Waals surface area contributed by atoms with Gasteiger partial charge in [-0.25, -0.2) is 0 Å². The Morgan fingerprint density at radius 1 is 0.375 bits per heavy atom. The van der Waals surface area contributed by atoms with Gasteiger partial charge in [0.25, 0.3) is 0 Å². The van der Waals surface area contributed by atoms with E-state index in [1.165, 1.54) is 82.6 Å². The SMILES string of the molecule is Bc1c2ccccc2c(-c2ccc3c(c2)C2(c4ccccc4-c4ccccc42)c2ccccc2-3)c2ccccc12. The van der Waals surface area contributed by atoms with Crippen LogP contribution in [0.2, 0.25) is 0 Å². The first-order valence-electron chi connectivity index (χ1n) is 14.1. The molecule has 2 aliphatic rings. The predicted molar refractivity (Wildman–Crippen MR) is 171 cm³/mol. The van der Waals surface area contributed by atoms with Gasteiger partial charge in [0.1, 0.15) is 7.85 Å². The molecule has 0 aliphatic heterocycles. The summed E-state index contributed by atoms with van der Waals surface area (Å²) in [6.45, 7) is 0. The molecule has 2 aliphatic carbocycles. The summed E-state index contributed by atoms with van der Waals surface area (Å²) in [5, 5.41) is 5.28. The van der Waals surface area contributed by atoms with Gasteiger partial charge in [0.15, 0.2) is 0 Å². The van der Waals surface area contributed by atoms with Gasteiger partial charge in [-0.05, 0) is 83.2 Å². The molecule has 0 radical (unpaired) electrons. The van der Waals surface area contributed by atoms with Gasteiger partial charge in [0.05, 0.1) is 5.41 Å². The largest absolute Gasteiger partial charge is 0.140 e. The Labute approximate surface area is 235 Å². The summed E-state index contributed by atoms with van der Waals surface area (Å²) in [7, 11) is 2.26. The molecule has 0 nitrogen and oxygen atoms in total. The fourth-order valence-electron chi connectivity index (χ4n) is 7.91.